The van der Waals surface area contributed by atoms with E-state index in [1.807, 2.05) is 38.3 Å². The molecule has 0 radical (unpaired) electrons. The zero-order valence-corrected chi connectivity index (χ0v) is 17.6. The first-order chi connectivity index (χ1) is 13.1. The fourth-order valence-electron chi connectivity index (χ4n) is 3.77. The zero-order valence-electron chi connectivity index (χ0n) is 16.0. The molecule has 0 saturated carbocycles. The molecule has 0 aromatic carbocycles. The van der Waals surface area contributed by atoms with E-state index >= 15 is 0 Å². The van der Waals surface area contributed by atoms with Crippen LogP contribution in [0.15, 0.2) is 16.9 Å². The predicted molar refractivity (Wildman–Crippen MR) is 113 cm³/mol. The summed E-state index contributed by atoms with van der Waals surface area (Å²) in [6.07, 6.45) is 7.77. The summed E-state index contributed by atoms with van der Waals surface area (Å²) in [5.41, 5.74) is 13.4. The number of aromatic nitrogens is 3. The summed E-state index contributed by atoms with van der Waals surface area (Å²) in [5, 5.41) is 15.6. The van der Waals surface area contributed by atoms with E-state index in [2.05, 4.69) is 32.4 Å². The summed E-state index contributed by atoms with van der Waals surface area (Å²) in [6.45, 7) is 4.84. The van der Waals surface area contributed by atoms with Gasteiger partial charge in [0.05, 0.1) is 16.4 Å². The second-order valence-corrected chi connectivity index (χ2v) is 7.57. The number of hydrazine groups is 1. The molecule has 2 aliphatic heterocycles. The summed E-state index contributed by atoms with van der Waals surface area (Å²) in [7, 11) is 1.96. The molecular formula is C18H25BBrN7. The summed E-state index contributed by atoms with van der Waals surface area (Å²) in [4.78, 5) is 4.93. The Morgan fingerprint density at radius 2 is 2.22 bits per heavy atom. The molecule has 3 N–H and O–H groups in total. The maximum Gasteiger partial charge on any atom is 0.268 e. The van der Waals surface area contributed by atoms with Crippen LogP contribution in [0.5, 0.6) is 0 Å². The van der Waals surface area contributed by atoms with Gasteiger partial charge in [0.2, 0.25) is 0 Å². The fraction of sp³-hybridized carbons (Fsp3) is 0.500. The first-order valence-corrected chi connectivity index (χ1v) is 10.3. The van der Waals surface area contributed by atoms with Gasteiger partial charge in [0, 0.05) is 31.3 Å². The molecule has 4 rings (SSSR count). The average Bonchev–Trinajstić information content (AvgIpc) is 3.32. The smallest absolute Gasteiger partial charge is 0.268 e. The summed E-state index contributed by atoms with van der Waals surface area (Å²) >= 11 is 3.61. The van der Waals surface area contributed by atoms with Crippen molar-refractivity contribution in [3.63, 3.8) is 0 Å². The van der Waals surface area contributed by atoms with E-state index < -0.39 is 0 Å². The number of anilines is 1. The zero-order chi connectivity index (χ0) is 19.6. The monoisotopic (exact) mass is 429 g/mol. The standard InChI is InChI=1S/C16H19BBrN7.C2H6/c1-24-8-11(6-21-24)12-7-22-25-15(20)13(18)14(23-16(12)25)10-3-2-4-17(5-10)9-19;1-2/h7-8,10,21H,2-6,20H2,1H3;1-2H3. The van der Waals surface area contributed by atoms with Gasteiger partial charge in [-0.15, -0.1) is 0 Å². The molecule has 0 aliphatic carbocycles. The van der Waals surface area contributed by atoms with Crippen LogP contribution < -0.4 is 11.2 Å². The number of nitriles is 1. The molecular weight excluding hydrogens is 405 g/mol. The van der Waals surface area contributed by atoms with E-state index in [1.165, 1.54) is 0 Å². The number of rotatable bonds is 2. The highest BCUT2D eigenvalue weighted by Gasteiger charge is 2.30. The molecule has 0 bridgehead atoms. The third kappa shape index (κ3) is 3.69. The number of hydrogen-bond donors (Lipinski definition) is 2. The Bertz CT molecular complexity index is 901. The Kier molecular flexibility index (Phi) is 6.07. The van der Waals surface area contributed by atoms with Crippen LogP contribution in [0.25, 0.3) is 11.2 Å². The fourth-order valence-corrected chi connectivity index (χ4v) is 4.35. The van der Waals surface area contributed by atoms with Gasteiger partial charge in [-0.05, 0) is 33.8 Å². The van der Waals surface area contributed by atoms with Crippen LogP contribution in [0.1, 0.15) is 43.9 Å². The molecule has 1 fully saturated rings. The van der Waals surface area contributed by atoms with Crippen molar-refractivity contribution >= 4 is 39.7 Å². The van der Waals surface area contributed by atoms with Gasteiger partial charge < -0.3 is 10.7 Å². The number of nitrogens with two attached hydrogens (primary N) is 1. The van der Waals surface area contributed by atoms with Crippen molar-refractivity contribution in [2.75, 3.05) is 19.3 Å². The lowest BCUT2D eigenvalue weighted by atomic mass is 9.41. The van der Waals surface area contributed by atoms with E-state index in [9.17, 15) is 5.26 Å². The van der Waals surface area contributed by atoms with Gasteiger partial charge in [-0.3, -0.25) is 0 Å². The number of fused-ring (bicyclic) bond motifs is 1. The largest absolute Gasteiger partial charge is 0.383 e. The highest BCUT2D eigenvalue weighted by Crippen LogP contribution is 2.39. The van der Waals surface area contributed by atoms with E-state index in [0.717, 1.165) is 59.0 Å². The Morgan fingerprint density at radius 1 is 1.44 bits per heavy atom. The minimum Gasteiger partial charge on any atom is -0.383 e. The van der Waals surface area contributed by atoms with Crippen molar-refractivity contribution in [3.05, 3.63) is 28.1 Å². The molecule has 9 heteroatoms. The molecule has 2 aromatic rings. The van der Waals surface area contributed by atoms with Crippen LogP contribution in [-0.2, 0) is 0 Å². The highest BCUT2D eigenvalue weighted by molar-refractivity contribution is 9.10. The maximum atomic E-state index is 9.29. The van der Waals surface area contributed by atoms with Gasteiger partial charge in [0.25, 0.3) is 6.71 Å². The lowest BCUT2D eigenvalue weighted by Gasteiger charge is -2.24. The van der Waals surface area contributed by atoms with E-state index in [-0.39, 0.29) is 12.6 Å². The average molecular weight is 430 g/mol. The first-order valence-electron chi connectivity index (χ1n) is 9.48. The van der Waals surface area contributed by atoms with Gasteiger partial charge >= 0.3 is 0 Å². The Labute approximate surface area is 168 Å². The molecule has 1 atom stereocenters. The van der Waals surface area contributed by atoms with Crippen LogP contribution in [0.2, 0.25) is 12.6 Å². The van der Waals surface area contributed by atoms with Gasteiger partial charge in [-0.25, -0.2) is 15.7 Å². The van der Waals surface area contributed by atoms with Crippen molar-refractivity contribution in [1.82, 2.24) is 25.0 Å². The third-order valence-electron chi connectivity index (χ3n) is 5.11. The molecule has 1 unspecified atom stereocenters. The van der Waals surface area contributed by atoms with Crippen molar-refractivity contribution in [1.29, 1.82) is 5.26 Å². The quantitative estimate of drug-likeness (QED) is 0.710. The second kappa shape index (κ2) is 8.32. The minimum atomic E-state index is 0.102. The molecule has 1 saturated heterocycles. The van der Waals surface area contributed by atoms with Crippen molar-refractivity contribution < 1.29 is 0 Å². The summed E-state index contributed by atoms with van der Waals surface area (Å²) < 4.78 is 2.49. The lowest BCUT2D eigenvalue weighted by Crippen LogP contribution is -2.23. The van der Waals surface area contributed by atoms with Gasteiger partial charge in [-0.2, -0.15) is 9.61 Å². The number of nitrogen functional groups attached to an aromatic ring is 1. The van der Waals surface area contributed by atoms with Crippen LogP contribution >= 0.6 is 15.9 Å². The third-order valence-corrected chi connectivity index (χ3v) is 5.92. The van der Waals surface area contributed by atoms with Crippen molar-refractivity contribution in [3.8, 4) is 5.97 Å². The molecule has 4 heterocycles. The summed E-state index contributed by atoms with van der Waals surface area (Å²) in [6, 6.07) is 0. The SMILES string of the molecule is CC.CN1C=C(c2cnn3c(N)c(Br)c(C4CCCB(C#N)C4)nc23)CN1. The van der Waals surface area contributed by atoms with Crippen LogP contribution in [0, 0.1) is 11.2 Å². The Balaban J connectivity index is 0.00000102. The number of nitrogens with one attached hydrogen (secondary N) is 1. The topological polar surface area (TPSA) is 95.3 Å². The van der Waals surface area contributed by atoms with Crippen molar-refractivity contribution in [2.24, 2.45) is 0 Å². The summed E-state index contributed by atoms with van der Waals surface area (Å²) in [5.74, 6) is 3.23. The molecule has 0 spiro atoms. The predicted octanol–water partition coefficient (Wildman–Crippen LogP) is 3.33. The van der Waals surface area contributed by atoms with Gasteiger partial charge in [-0.1, -0.05) is 32.9 Å². The number of halogens is 1. The molecule has 2 aliphatic rings. The lowest BCUT2D eigenvalue weighted by molar-refractivity contribution is 0.374. The van der Waals surface area contributed by atoms with E-state index in [4.69, 9.17) is 10.7 Å². The minimum absolute atomic E-state index is 0.102. The maximum absolute atomic E-state index is 9.29. The van der Waals surface area contributed by atoms with Crippen LogP contribution in [-0.4, -0.2) is 39.9 Å². The molecule has 7 nitrogen and oxygen atoms in total. The Hall–Kier alpha value is -2.05. The van der Waals surface area contributed by atoms with Gasteiger partial charge in [0.1, 0.15) is 5.82 Å². The number of nitrogens with zero attached hydrogens (tertiary/aromatic N) is 5. The van der Waals surface area contributed by atoms with Gasteiger partial charge in [0.15, 0.2) is 5.65 Å². The normalized spacial score (nSPS) is 19.5. The molecule has 0 amide bonds. The Morgan fingerprint density at radius 3 is 2.89 bits per heavy atom. The van der Waals surface area contributed by atoms with Crippen LogP contribution in [0.3, 0.4) is 0 Å². The second-order valence-electron chi connectivity index (χ2n) is 6.78. The highest BCUT2D eigenvalue weighted by atomic mass is 79.9. The molecule has 142 valence electrons. The van der Waals surface area contributed by atoms with E-state index in [0.29, 0.717) is 5.82 Å². The number of hydrogen-bond acceptors (Lipinski definition) is 6. The van der Waals surface area contributed by atoms with Crippen LogP contribution in [0.4, 0.5) is 5.82 Å². The van der Waals surface area contributed by atoms with E-state index in [1.54, 1.807) is 4.52 Å². The first kappa shape index (κ1) is 19.7. The van der Waals surface area contributed by atoms with Crippen molar-refractivity contribution in [2.45, 2.75) is 45.2 Å². The molecule has 2 aromatic heterocycles. The molecule has 27 heavy (non-hydrogen) atoms.